The van der Waals surface area contributed by atoms with Crippen molar-refractivity contribution >= 4 is 17.5 Å². The molecule has 3 rings (SSSR count). The first-order valence-corrected chi connectivity index (χ1v) is 7.39. The molecule has 0 aliphatic rings. The summed E-state index contributed by atoms with van der Waals surface area (Å²) in [6.45, 7) is 1.78. The second kappa shape index (κ2) is 6.89. The van der Waals surface area contributed by atoms with Gasteiger partial charge in [0.25, 0.3) is 0 Å². The van der Waals surface area contributed by atoms with Crippen LogP contribution in [0, 0.1) is 6.92 Å². The van der Waals surface area contributed by atoms with Crippen molar-refractivity contribution in [2.24, 2.45) is 0 Å². The van der Waals surface area contributed by atoms with Crippen LogP contribution in [-0.2, 0) is 0 Å². The molecule has 1 aromatic heterocycles. The Morgan fingerprint density at radius 2 is 1.62 bits per heavy atom. The van der Waals surface area contributed by atoms with Gasteiger partial charge in [0.15, 0.2) is 11.6 Å². The molecule has 2 N–H and O–H groups in total. The average molecular weight is 320 g/mol. The van der Waals surface area contributed by atoms with Crippen molar-refractivity contribution in [2.75, 3.05) is 10.4 Å². The molecule has 0 radical (unpaired) electrons. The quantitative estimate of drug-likeness (QED) is 0.567. The molecule has 2 aromatic carbocycles. The van der Waals surface area contributed by atoms with Crippen LogP contribution in [0.2, 0.25) is 0 Å². The molecule has 0 aliphatic heterocycles. The molecule has 6 nitrogen and oxygen atoms in total. The highest BCUT2D eigenvalue weighted by Gasteiger charge is 2.17. The Balaban J connectivity index is 1.86. The molecule has 0 bridgehead atoms. The van der Waals surface area contributed by atoms with Gasteiger partial charge >= 0.3 is 6.03 Å². The Hall–Kier alpha value is -3.25. The maximum atomic E-state index is 12.2. The molecule has 24 heavy (non-hydrogen) atoms. The molecule has 1 heterocycles. The van der Waals surface area contributed by atoms with E-state index in [1.165, 1.54) is 6.07 Å². The SMILES string of the molecule is Cc1cc(N(O)C(=O)Nc2ccccc2)nc(-c2ccccc2)n1. The fourth-order valence-electron chi connectivity index (χ4n) is 2.18. The maximum absolute atomic E-state index is 12.2. The second-order valence-corrected chi connectivity index (χ2v) is 5.17. The molecule has 0 spiro atoms. The van der Waals surface area contributed by atoms with E-state index in [1.807, 2.05) is 36.4 Å². The van der Waals surface area contributed by atoms with Gasteiger partial charge in [0, 0.05) is 23.0 Å². The molecule has 120 valence electrons. The number of carbonyl (C=O) groups is 1. The van der Waals surface area contributed by atoms with Gasteiger partial charge in [0.05, 0.1) is 0 Å². The number of hydroxylamine groups is 1. The number of aromatic nitrogens is 2. The van der Waals surface area contributed by atoms with Gasteiger partial charge in [-0.1, -0.05) is 48.5 Å². The number of anilines is 2. The minimum Gasteiger partial charge on any atom is -0.306 e. The molecule has 0 saturated carbocycles. The average Bonchev–Trinajstić information content (AvgIpc) is 2.62. The highest BCUT2D eigenvalue weighted by atomic mass is 16.5. The molecule has 3 aromatic rings. The topological polar surface area (TPSA) is 78.4 Å². The summed E-state index contributed by atoms with van der Waals surface area (Å²) in [7, 11) is 0. The maximum Gasteiger partial charge on any atom is 0.351 e. The molecular formula is C18H16N4O2. The van der Waals surface area contributed by atoms with Crippen molar-refractivity contribution in [1.82, 2.24) is 9.97 Å². The van der Waals surface area contributed by atoms with Crippen LogP contribution in [0.1, 0.15) is 5.69 Å². The predicted octanol–water partition coefficient (Wildman–Crippen LogP) is 3.88. The van der Waals surface area contributed by atoms with Crippen LogP contribution < -0.4 is 10.4 Å². The summed E-state index contributed by atoms with van der Waals surface area (Å²) in [5.74, 6) is 0.548. The van der Waals surface area contributed by atoms with Gasteiger partial charge in [0.2, 0.25) is 0 Å². The van der Waals surface area contributed by atoms with Crippen LogP contribution in [0.5, 0.6) is 0 Å². The van der Waals surface area contributed by atoms with E-state index in [9.17, 15) is 10.0 Å². The smallest absolute Gasteiger partial charge is 0.306 e. The lowest BCUT2D eigenvalue weighted by atomic mass is 10.2. The zero-order valence-electron chi connectivity index (χ0n) is 13.0. The van der Waals surface area contributed by atoms with E-state index in [0.717, 1.165) is 5.56 Å². The number of urea groups is 1. The summed E-state index contributed by atoms with van der Waals surface area (Å²) in [5, 5.41) is 13.3. The summed E-state index contributed by atoms with van der Waals surface area (Å²) in [4.78, 5) is 20.8. The van der Waals surface area contributed by atoms with Crippen molar-refractivity contribution in [2.45, 2.75) is 6.92 Å². The van der Waals surface area contributed by atoms with Crippen molar-refractivity contribution in [3.63, 3.8) is 0 Å². The van der Waals surface area contributed by atoms with E-state index in [-0.39, 0.29) is 5.82 Å². The Bertz CT molecular complexity index is 838. The van der Waals surface area contributed by atoms with E-state index < -0.39 is 6.03 Å². The molecule has 0 unspecified atom stereocenters. The van der Waals surface area contributed by atoms with Gasteiger partial charge in [-0.2, -0.15) is 5.06 Å². The van der Waals surface area contributed by atoms with Crippen LogP contribution in [0.15, 0.2) is 66.7 Å². The summed E-state index contributed by atoms with van der Waals surface area (Å²) in [5.41, 5.74) is 2.03. The van der Waals surface area contributed by atoms with Crippen molar-refractivity contribution in [3.05, 3.63) is 72.4 Å². The van der Waals surface area contributed by atoms with Crippen molar-refractivity contribution in [1.29, 1.82) is 0 Å². The zero-order chi connectivity index (χ0) is 16.9. The third-order valence-corrected chi connectivity index (χ3v) is 3.31. The van der Waals surface area contributed by atoms with Gasteiger partial charge in [-0.05, 0) is 19.1 Å². The third-order valence-electron chi connectivity index (χ3n) is 3.31. The minimum absolute atomic E-state index is 0.106. The molecule has 0 atom stereocenters. The Labute approximate surface area is 139 Å². The van der Waals surface area contributed by atoms with Gasteiger partial charge in [-0.15, -0.1) is 0 Å². The highest BCUT2D eigenvalue weighted by Crippen LogP contribution is 2.19. The molecular weight excluding hydrogens is 304 g/mol. The number of hydrogen-bond acceptors (Lipinski definition) is 4. The van der Waals surface area contributed by atoms with Gasteiger partial charge in [-0.3, -0.25) is 5.21 Å². The fraction of sp³-hybridized carbons (Fsp3) is 0.0556. The van der Waals surface area contributed by atoms with Crippen LogP contribution in [0.4, 0.5) is 16.3 Å². The van der Waals surface area contributed by atoms with Gasteiger partial charge in [-0.25, -0.2) is 14.8 Å². The number of nitrogens with zero attached hydrogens (tertiary/aromatic N) is 3. The first kappa shape index (κ1) is 15.6. The molecule has 0 fully saturated rings. The summed E-state index contributed by atoms with van der Waals surface area (Å²) >= 11 is 0. The van der Waals surface area contributed by atoms with Gasteiger partial charge in [0.1, 0.15) is 0 Å². The number of hydrogen-bond donors (Lipinski definition) is 2. The van der Waals surface area contributed by atoms with Crippen LogP contribution in [0.25, 0.3) is 11.4 Å². The minimum atomic E-state index is -0.696. The Morgan fingerprint density at radius 1 is 1.00 bits per heavy atom. The predicted molar refractivity (Wildman–Crippen MR) is 91.9 cm³/mol. The first-order valence-electron chi connectivity index (χ1n) is 7.39. The Morgan fingerprint density at radius 3 is 2.29 bits per heavy atom. The van der Waals surface area contributed by atoms with Crippen molar-refractivity contribution < 1.29 is 10.0 Å². The number of nitrogens with one attached hydrogen (secondary N) is 1. The summed E-state index contributed by atoms with van der Waals surface area (Å²) in [6.07, 6.45) is 0. The first-order chi connectivity index (χ1) is 11.6. The van der Waals surface area contributed by atoms with E-state index in [2.05, 4.69) is 15.3 Å². The number of amides is 2. The van der Waals surface area contributed by atoms with Crippen LogP contribution >= 0.6 is 0 Å². The van der Waals surface area contributed by atoms with E-state index >= 15 is 0 Å². The normalized spacial score (nSPS) is 10.2. The number of aryl methyl sites for hydroxylation is 1. The standard InChI is InChI=1S/C18H16N4O2/c1-13-12-16(21-17(19-13)14-8-4-2-5-9-14)22(24)18(23)20-15-10-6-3-7-11-15/h2-12,24H,1H3,(H,20,23). The molecule has 6 heteroatoms. The fourth-order valence-corrected chi connectivity index (χ4v) is 2.18. The highest BCUT2D eigenvalue weighted by molar-refractivity contribution is 5.99. The lowest BCUT2D eigenvalue weighted by Crippen LogP contribution is -2.32. The lowest BCUT2D eigenvalue weighted by molar-refractivity contribution is 0.214. The molecule has 0 aliphatic carbocycles. The molecule has 2 amide bonds. The largest absolute Gasteiger partial charge is 0.351 e. The van der Waals surface area contributed by atoms with Crippen LogP contribution in [-0.4, -0.2) is 21.2 Å². The lowest BCUT2D eigenvalue weighted by Gasteiger charge is -2.16. The number of rotatable bonds is 3. The van der Waals surface area contributed by atoms with E-state index in [1.54, 1.807) is 31.2 Å². The van der Waals surface area contributed by atoms with E-state index in [0.29, 0.717) is 22.3 Å². The van der Waals surface area contributed by atoms with Crippen LogP contribution in [0.3, 0.4) is 0 Å². The second-order valence-electron chi connectivity index (χ2n) is 5.17. The van der Waals surface area contributed by atoms with E-state index in [4.69, 9.17) is 0 Å². The summed E-state index contributed by atoms with van der Waals surface area (Å²) < 4.78 is 0. The zero-order valence-corrected chi connectivity index (χ0v) is 13.0. The Kier molecular flexibility index (Phi) is 4.49. The third kappa shape index (κ3) is 3.56. The number of benzene rings is 2. The summed E-state index contributed by atoms with van der Waals surface area (Å²) in [6, 6.07) is 19.1. The van der Waals surface area contributed by atoms with Crippen molar-refractivity contribution in [3.8, 4) is 11.4 Å². The monoisotopic (exact) mass is 320 g/mol. The number of carbonyl (C=O) groups excluding carboxylic acids is 1. The molecule has 0 saturated heterocycles. The number of para-hydroxylation sites is 1. The van der Waals surface area contributed by atoms with Gasteiger partial charge < -0.3 is 5.32 Å².